The van der Waals surface area contributed by atoms with E-state index in [-0.39, 0.29) is 24.4 Å². The molecule has 7 heteroatoms. The van der Waals surface area contributed by atoms with Crippen molar-refractivity contribution < 1.29 is 17.9 Å². The standard InChI is InChI=1S/C14H19F3N2OS/c1-10-9-21-7-6-19(10)12(8-18)11-4-2-3-5-13(11)20-14(15,16)17/h2-5,10,12H,6-9,18H2,1H3. The van der Waals surface area contributed by atoms with Crippen LogP contribution in [0.4, 0.5) is 13.2 Å². The van der Waals surface area contributed by atoms with Gasteiger partial charge in [-0.2, -0.15) is 11.8 Å². The molecule has 0 amide bonds. The second kappa shape index (κ2) is 6.89. The maximum absolute atomic E-state index is 12.5. The molecule has 2 rings (SSSR count). The van der Waals surface area contributed by atoms with Gasteiger partial charge in [-0.05, 0) is 13.0 Å². The fraction of sp³-hybridized carbons (Fsp3) is 0.571. The van der Waals surface area contributed by atoms with E-state index in [9.17, 15) is 13.2 Å². The molecule has 118 valence electrons. The van der Waals surface area contributed by atoms with Crippen LogP contribution in [0.3, 0.4) is 0 Å². The molecule has 2 atom stereocenters. The summed E-state index contributed by atoms with van der Waals surface area (Å²) in [4.78, 5) is 2.16. The number of halogens is 3. The number of nitrogens with two attached hydrogens (primary N) is 1. The van der Waals surface area contributed by atoms with E-state index in [0.29, 0.717) is 5.56 Å². The van der Waals surface area contributed by atoms with Crippen LogP contribution in [0, 0.1) is 0 Å². The summed E-state index contributed by atoms with van der Waals surface area (Å²) in [5, 5.41) is 0. The first kappa shape index (κ1) is 16.5. The Kier molecular flexibility index (Phi) is 5.40. The van der Waals surface area contributed by atoms with Crippen molar-refractivity contribution in [1.82, 2.24) is 4.90 Å². The zero-order valence-corrected chi connectivity index (χ0v) is 12.6. The van der Waals surface area contributed by atoms with Crippen molar-refractivity contribution in [3.05, 3.63) is 29.8 Å². The van der Waals surface area contributed by atoms with E-state index in [1.165, 1.54) is 12.1 Å². The van der Waals surface area contributed by atoms with E-state index >= 15 is 0 Å². The van der Waals surface area contributed by atoms with Gasteiger partial charge in [-0.1, -0.05) is 18.2 Å². The van der Waals surface area contributed by atoms with Crippen LogP contribution in [-0.4, -0.2) is 41.9 Å². The zero-order valence-electron chi connectivity index (χ0n) is 11.8. The lowest BCUT2D eigenvalue weighted by molar-refractivity contribution is -0.275. The van der Waals surface area contributed by atoms with Crippen LogP contribution in [0.1, 0.15) is 18.5 Å². The number of para-hydroxylation sites is 1. The number of alkyl halides is 3. The number of rotatable bonds is 4. The van der Waals surface area contributed by atoms with Gasteiger partial charge in [0.2, 0.25) is 0 Å². The number of nitrogens with zero attached hydrogens (tertiary/aromatic N) is 1. The van der Waals surface area contributed by atoms with Crippen molar-refractivity contribution in [3.8, 4) is 5.75 Å². The minimum Gasteiger partial charge on any atom is -0.405 e. The third kappa shape index (κ3) is 4.28. The van der Waals surface area contributed by atoms with Gasteiger partial charge >= 0.3 is 6.36 Å². The van der Waals surface area contributed by atoms with E-state index in [2.05, 4.69) is 16.6 Å². The molecule has 21 heavy (non-hydrogen) atoms. The molecule has 0 bridgehead atoms. The molecule has 1 aliphatic rings. The van der Waals surface area contributed by atoms with Crippen molar-refractivity contribution in [2.45, 2.75) is 25.4 Å². The van der Waals surface area contributed by atoms with Crippen molar-refractivity contribution in [3.63, 3.8) is 0 Å². The second-order valence-electron chi connectivity index (χ2n) is 5.00. The molecule has 0 radical (unpaired) electrons. The summed E-state index contributed by atoms with van der Waals surface area (Å²) in [5.74, 6) is 1.76. The monoisotopic (exact) mass is 320 g/mol. The minimum absolute atomic E-state index is 0.161. The van der Waals surface area contributed by atoms with Crippen molar-refractivity contribution in [2.75, 3.05) is 24.6 Å². The highest BCUT2D eigenvalue weighted by Crippen LogP contribution is 2.35. The molecule has 1 fully saturated rings. The summed E-state index contributed by atoms with van der Waals surface area (Å²) in [6, 6.07) is 6.26. The fourth-order valence-electron chi connectivity index (χ4n) is 2.62. The molecule has 1 aromatic carbocycles. The lowest BCUT2D eigenvalue weighted by Crippen LogP contribution is -2.45. The smallest absolute Gasteiger partial charge is 0.405 e. The normalized spacial score (nSPS) is 22.0. The number of ether oxygens (including phenoxy) is 1. The molecule has 1 aromatic rings. The van der Waals surface area contributed by atoms with Gasteiger partial charge in [-0.25, -0.2) is 0 Å². The molecule has 1 saturated heterocycles. The predicted octanol–water partition coefficient (Wildman–Crippen LogP) is 3.02. The highest BCUT2D eigenvalue weighted by Gasteiger charge is 2.34. The van der Waals surface area contributed by atoms with E-state index in [4.69, 9.17) is 5.73 Å². The molecule has 0 spiro atoms. The molecule has 0 aromatic heterocycles. The first-order valence-corrected chi connectivity index (χ1v) is 7.96. The zero-order chi connectivity index (χ0) is 15.5. The highest BCUT2D eigenvalue weighted by molar-refractivity contribution is 7.99. The Hall–Kier alpha value is -0.920. The minimum atomic E-state index is -4.70. The SMILES string of the molecule is CC1CSCCN1C(CN)c1ccccc1OC(F)(F)F. The summed E-state index contributed by atoms with van der Waals surface area (Å²) in [6.07, 6.45) is -4.70. The van der Waals surface area contributed by atoms with Gasteiger partial charge in [0.25, 0.3) is 0 Å². The molecule has 1 aliphatic heterocycles. The van der Waals surface area contributed by atoms with Gasteiger partial charge in [0.05, 0.1) is 6.04 Å². The quantitative estimate of drug-likeness (QED) is 0.925. The van der Waals surface area contributed by atoms with Crippen molar-refractivity contribution in [1.29, 1.82) is 0 Å². The molecule has 3 nitrogen and oxygen atoms in total. The molecule has 1 heterocycles. The fourth-order valence-corrected chi connectivity index (χ4v) is 3.66. The van der Waals surface area contributed by atoms with Crippen LogP contribution in [0.5, 0.6) is 5.75 Å². The summed E-state index contributed by atoms with van der Waals surface area (Å²) < 4.78 is 41.8. The van der Waals surface area contributed by atoms with Crippen LogP contribution in [0.25, 0.3) is 0 Å². The van der Waals surface area contributed by atoms with Crippen LogP contribution < -0.4 is 10.5 Å². The van der Waals surface area contributed by atoms with Crippen LogP contribution >= 0.6 is 11.8 Å². The predicted molar refractivity (Wildman–Crippen MR) is 78.4 cm³/mol. The first-order chi connectivity index (χ1) is 9.92. The van der Waals surface area contributed by atoms with E-state index in [0.717, 1.165) is 18.1 Å². The van der Waals surface area contributed by atoms with E-state index in [1.54, 1.807) is 12.1 Å². The van der Waals surface area contributed by atoms with Gasteiger partial charge in [0.1, 0.15) is 5.75 Å². The summed E-state index contributed by atoms with van der Waals surface area (Å²) in [5.41, 5.74) is 6.34. The largest absolute Gasteiger partial charge is 0.573 e. The Morgan fingerprint density at radius 2 is 2.14 bits per heavy atom. The number of thioether (sulfide) groups is 1. The molecular formula is C14H19F3N2OS. The molecule has 0 saturated carbocycles. The molecular weight excluding hydrogens is 301 g/mol. The average molecular weight is 320 g/mol. The van der Waals surface area contributed by atoms with E-state index < -0.39 is 6.36 Å². The Morgan fingerprint density at radius 3 is 2.76 bits per heavy atom. The lowest BCUT2D eigenvalue weighted by Gasteiger charge is -2.39. The molecule has 2 unspecified atom stereocenters. The number of hydrogen-bond acceptors (Lipinski definition) is 4. The topological polar surface area (TPSA) is 38.5 Å². The molecule has 0 aliphatic carbocycles. The van der Waals surface area contributed by atoms with Gasteiger partial charge < -0.3 is 10.5 Å². The van der Waals surface area contributed by atoms with Gasteiger partial charge in [0, 0.05) is 36.2 Å². The van der Waals surface area contributed by atoms with Gasteiger partial charge in [-0.3, -0.25) is 4.90 Å². The summed E-state index contributed by atoms with van der Waals surface area (Å²) in [6.45, 7) is 3.14. The average Bonchev–Trinajstić information content (AvgIpc) is 2.42. The Labute approximate surface area is 126 Å². The van der Waals surface area contributed by atoms with Crippen molar-refractivity contribution in [2.24, 2.45) is 5.73 Å². The van der Waals surface area contributed by atoms with E-state index in [1.807, 2.05) is 11.8 Å². The lowest BCUT2D eigenvalue weighted by atomic mass is 10.0. The van der Waals surface area contributed by atoms with Crippen LogP contribution in [0.15, 0.2) is 24.3 Å². The third-order valence-corrected chi connectivity index (χ3v) is 4.74. The Balaban J connectivity index is 2.29. The summed E-state index contributed by atoms with van der Waals surface area (Å²) >= 11 is 1.85. The van der Waals surface area contributed by atoms with Gasteiger partial charge in [-0.15, -0.1) is 13.2 Å². The maximum atomic E-state index is 12.5. The van der Waals surface area contributed by atoms with Crippen molar-refractivity contribution >= 4 is 11.8 Å². The Bertz CT molecular complexity index is 470. The van der Waals surface area contributed by atoms with Gasteiger partial charge in [0.15, 0.2) is 0 Å². The second-order valence-corrected chi connectivity index (χ2v) is 6.15. The Morgan fingerprint density at radius 1 is 1.43 bits per heavy atom. The highest BCUT2D eigenvalue weighted by atomic mass is 32.2. The number of hydrogen-bond donors (Lipinski definition) is 1. The first-order valence-electron chi connectivity index (χ1n) is 6.80. The third-order valence-electron chi connectivity index (χ3n) is 3.55. The number of benzene rings is 1. The summed E-state index contributed by atoms with van der Waals surface area (Å²) in [7, 11) is 0. The van der Waals surface area contributed by atoms with Crippen LogP contribution in [-0.2, 0) is 0 Å². The molecule has 2 N–H and O–H groups in total. The maximum Gasteiger partial charge on any atom is 0.573 e. The van der Waals surface area contributed by atoms with Crippen LogP contribution in [0.2, 0.25) is 0 Å².